The van der Waals surface area contributed by atoms with Crippen molar-refractivity contribution in [2.75, 3.05) is 11.6 Å². The maximum atomic E-state index is 12.7. The summed E-state index contributed by atoms with van der Waals surface area (Å²) in [6.45, 7) is 0. The molecule has 4 amide bonds. The van der Waals surface area contributed by atoms with Crippen molar-refractivity contribution in [3.8, 4) is 0 Å². The average Bonchev–Trinajstić information content (AvgIpc) is 3.24. The Kier molecular flexibility index (Phi) is 5.16. The zero-order valence-electron chi connectivity index (χ0n) is 13.2. The predicted octanol–water partition coefficient (Wildman–Crippen LogP) is -2.29. The van der Waals surface area contributed by atoms with Gasteiger partial charge in [0.1, 0.15) is 6.04 Å². The Labute approximate surface area is 147 Å². The topological polar surface area (TPSA) is 150 Å². The van der Waals surface area contributed by atoms with Crippen LogP contribution in [0.15, 0.2) is 12.5 Å². The van der Waals surface area contributed by atoms with Gasteiger partial charge >= 0.3 is 0 Å². The fourth-order valence-electron chi connectivity index (χ4n) is 2.59. The summed E-state index contributed by atoms with van der Waals surface area (Å²) in [5, 5.41) is 5.33. The van der Waals surface area contributed by atoms with Crippen molar-refractivity contribution < 1.29 is 19.2 Å². The molecule has 1 aromatic heterocycles. The lowest BCUT2D eigenvalue weighted by molar-refractivity contribution is -0.159. The number of rotatable bonds is 5. The number of aromatic nitrogens is 2. The lowest BCUT2D eigenvalue weighted by Crippen LogP contribution is -2.64. The van der Waals surface area contributed by atoms with E-state index in [1.165, 1.54) is 24.3 Å². The Morgan fingerprint density at radius 3 is 2.64 bits per heavy atom. The van der Waals surface area contributed by atoms with Crippen LogP contribution in [0.2, 0.25) is 0 Å². The number of amides is 4. The van der Waals surface area contributed by atoms with E-state index in [2.05, 4.69) is 20.6 Å². The summed E-state index contributed by atoms with van der Waals surface area (Å²) in [6.07, 6.45) is 3.03. The van der Waals surface area contributed by atoms with Gasteiger partial charge in [-0.3, -0.25) is 24.5 Å². The number of thioether (sulfide) groups is 1. The number of carbonyl (C=O) groups excluding carboxylic acids is 4. The molecule has 0 aliphatic carbocycles. The first-order valence-electron chi connectivity index (χ1n) is 7.72. The van der Waals surface area contributed by atoms with Gasteiger partial charge in [0.2, 0.25) is 5.91 Å². The molecule has 25 heavy (non-hydrogen) atoms. The third-order valence-corrected chi connectivity index (χ3v) is 4.95. The summed E-state index contributed by atoms with van der Waals surface area (Å²) in [4.78, 5) is 56.3. The number of imide groups is 3. The van der Waals surface area contributed by atoms with Crippen molar-refractivity contribution in [3.05, 3.63) is 18.2 Å². The number of nitrogens with one attached hydrogen (secondary N) is 3. The van der Waals surface area contributed by atoms with Crippen molar-refractivity contribution >= 4 is 35.4 Å². The summed E-state index contributed by atoms with van der Waals surface area (Å²) >= 11 is 1.50. The fraction of sp³-hybridized carbons (Fsp3) is 0.500. The van der Waals surface area contributed by atoms with E-state index in [0.717, 1.165) is 0 Å². The molecular formula is C14H18N6O4S. The first-order valence-corrected chi connectivity index (χ1v) is 8.88. The molecule has 3 rings (SSSR count). The number of hydrogen-bond acceptors (Lipinski definition) is 8. The van der Waals surface area contributed by atoms with Gasteiger partial charge in [-0.2, -0.15) is 0 Å². The molecule has 0 bridgehead atoms. The lowest BCUT2D eigenvalue weighted by Gasteiger charge is -2.32. The fourth-order valence-corrected chi connectivity index (χ4v) is 3.52. The molecule has 2 fully saturated rings. The van der Waals surface area contributed by atoms with Crippen LogP contribution in [0.5, 0.6) is 0 Å². The Bertz CT molecular complexity index is 680. The molecule has 11 heteroatoms. The van der Waals surface area contributed by atoms with Crippen LogP contribution in [-0.2, 0) is 25.6 Å². The van der Waals surface area contributed by atoms with Crippen molar-refractivity contribution in [1.82, 2.24) is 25.5 Å². The number of H-pyrrole nitrogens is 1. The second kappa shape index (κ2) is 7.33. The van der Waals surface area contributed by atoms with Crippen LogP contribution in [0.1, 0.15) is 12.1 Å². The number of nitrogens with zero attached hydrogens (tertiary/aromatic N) is 2. The van der Waals surface area contributed by atoms with Crippen molar-refractivity contribution in [1.29, 1.82) is 0 Å². The van der Waals surface area contributed by atoms with E-state index in [9.17, 15) is 19.2 Å². The van der Waals surface area contributed by atoms with Gasteiger partial charge < -0.3 is 16.0 Å². The van der Waals surface area contributed by atoms with Crippen LogP contribution in [-0.4, -0.2) is 68.3 Å². The van der Waals surface area contributed by atoms with E-state index >= 15 is 0 Å². The molecular weight excluding hydrogens is 348 g/mol. The highest BCUT2D eigenvalue weighted by Gasteiger charge is 2.43. The van der Waals surface area contributed by atoms with Crippen LogP contribution in [0, 0.1) is 0 Å². The second-order valence-electron chi connectivity index (χ2n) is 5.83. The number of aromatic amines is 1. The van der Waals surface area contributed by atoms with Gasteiger partial charge in [0.15, 0.2) is 0 Å². The van der Waals surface area contributed by atoms with Gasteiger partial charge in [-0.25, -0.2) is 9.88 Å². The maximum absolute atomic E-state index is 12.7. The number of β-lactam (4-membered cyclic amide) rings is 1. The molecule has 2 saturated heterocycles. The van der Waals surface area contributed by atoms with E-state index in [4.69, 9.17) is 5.73 Å². The Balaban J connectivity index is 1.76. The van der Waals surface area contributed by atoms with Crippen LogP contribution >= 0.6 is 11.8 Å². The third kappa shape index (κ3) is 3.72. The molecule has 3 heterocycles. The van der Waals surface area contributed by atoms with Crippen LogP contribution < -0.4 is 16.4 Å². The summed E-state index contributed by atoms with van der Waals surface area (Å²) in [5.41, 5.74) is 6.53. The van der Waals surface area contributed by atoms with Gasteiger partial charge in [0.25, 0.3) is 17.7 Å². The molecule has 1 aromatic rings. The SMILES string of the molecule is N[C@@H](Cc1cnc[nH]1)C(=O)N(C(=O)C1CSCN1)C(=O)[C@@H]1CC(=O)N1. The van der Waals surface area contributed by atoms with Gasteiger partial charge in [-0.05, 0) is 0 Å². The second-order valence-corrected chi connectivity index (χ2v) is 6.86. The standard InChI is InChI=1S/C14H18N6O4S/c15-8(1-7-3-16-5-17-7)12(22)20(13(23)9-2-11(21)19-9)14(24)10-4-25-6-18-10/h3,5,8-10,18H,1-2,4,6,15H2,(H,16,17)(H,19,21)/t8-,9-,10?/m0/s1. The smallest absolute Gasteiger partial charge is 0.259 e. The molecule has 2 aliphatic rings. The zero-order chi connectivity index (χ0) is 18.0. The number of nitrogens with two attached hydrogens (primary N) is 1. The third-order valence-electron chi connectivity index (χ3n) is 4.01. The number of carbonyl (C=O) groups is 4. The molecule has 10 nitrogen and oxygen atoms in total. The van der Waals surface area contributed by atoms with E-state index in [0.29, 0.717) is 22.2 Å². The molecule has 0 aromatic carbocycles. The van der Waals surface area contributed by atoms with E-state index < -0.39 is 35.8 Å². The highest BCUT2D eigenvalue weighted by molar-refractivity contribution is 7.99. The quantitative estimate of drug-likeness (QED) is 0.336. The Morgan fingerprint density at radius 1 is 1.36 bits per heavy atom. The first kappa shape index (κ1) is 17.6. The predicted molar refractivity (Wildman–Crippen MR) is 87.9 cm³/mol. The molecule has 2 aliphatic heterocycles. The molecule has 0 saturated carbocycles. The lowest BCUT2D eigenvalue weighted by atomic mass is 10.0. The van der Waals surface area contributed by atoms with Gasteiger partial charge in [-0.15, -0.1) is 11.8 Å². The van der Waals surface area contributed by atoms with Gasteiger partial charge in [0, 0.05) is 29.9 Å². The van der Waals surface area contributed by atoms with Crippen LogP contribution in [0.3, 0.4) is 0 Å². The highest BCUT2D eigenvalue weighted by atomic mass is 32.2. The summed E-state index contributed by atoms with van der Waals surface area (Å²) in [6, 6.07) is -2.58. The highest BCUT2D eigenvalue weighted by Crippen LogP contribution is 2.16. The summed E-state index contributed by atoms with van der Waals surface area (Å²) in [7, 11) is 0. The first-order chi connectivity index (χ1) is 12.0. The van der Waals surface area contributed by atoms with Gasteiger partial charge in [0.05, 0.1) is 24.8 Å². The minimum absolute atomic E-state index is 0.0431. The summed E-state index contributed by atoms with van der Waals surface area (Å²) in [5.74, 6) is -1.44. The van der Waals surface area contributed by atoms with Crippen molar-refractivity contribution in [3.63, 3.8) is 0 Å². The summed E-state index contributed by atoms with van der Waals surface area (Å²) < 4.78 is 0. The van der Waals surface area contributed by atoms with E-state index in [1.54, 1.807) is 0 Å². The van der Waals surface area contributed by atoms with Crippen LogP contribution in [0.25, 0.3) is 0 Å². The molecule has 1 unspecified atom stereocenters. The minimum atomic E-state index is -1.09. The van der Waals surface area contributed by atoms with Crippen molar-refractivity contribution in [2.24, 2.45) is 5.73 Å². The Hall–Kier alpha value is -2.24. The zero-order valence-corrected chi connectivity index (χ0v) is 14.0. The van der Waals surface area contributed by atoms with Crippen LogP contribution in [0.4, 0.5) is 0 Å². The van der Waals surface area contributed by atoms with Crippen molar-refractivity contribution in [2.45, 2.75) is 31.0 Å². The monoisotopic (exact) mass is 366 g/mol. The molecule has 5 N–H and O–H groups in total. The normalized spacial score (nSPS) is 23.5. The Morgan fingerprint density at radius 2 is 2.08 bits per heavy atom. The number of imidazole rings is 1. The molecule has 0 spiro atoms. The van der Waals surface area contributed by atoms with E-state index in [1.807, 2.05) is 0 Å². The molecule has 3 atom stereocenters. The number of hydrogen-bond donors (Lipinski definition) is 4. The molecule has 0 radical (unpaired) electrons. The molecule has 134 valence electrons. The minimum Gasteiger partial charge on any atom is -0.348 e. The maximum Gasteiger partial charge on any atom is 0.259 e. The van der Waals surface area contributed by atoms with Gasteiger partial charge in [-0.1, -0.05) is 0 Å². The average molecular weight is 366 g/mol. The largest absolute Gasteiger partial charge is 0.348 e. The van der Waals surface area contributed by atoms with E-state index in [-0.39, 0.29) is 18.7 Å².